The predicted octanol–water partition coefficient (Wildman–Crippen LogP) is 3.53. The van der Waals surface area contributed by atoms with E-state index in [-0.39, 0.29) is 11.8 Å². The summed E-state index contributed by atoms with van der Waals surface area (Å²) in [6.45, 7) is 7.73. The fraction of sp³-hybridized carbons (Fsp3) is 0.364. The molecule has 1 N–H and O–H groups in total. The van der Waals surface area contributed by atoms with E-state index in [4.69, 9.17) is 0 Å². The molecule has 2 aromatic rings. The molecule has 148 valence electrons. The molecule has 0 aromatic heterocycles. The van der Waals surface area contributed by atoms with E-state index in [0.717, 1.165) is 17.6 Å². The number of anilines is 1. The summed E-state index contributed by atoms with van der Waals surface area (Å²) in [5.41, 5.74) is 4.45. The van der Waals surface area contributed by atoms with Crippen LogP contribution >= 0.6 is 15.9 Å². The first kappa shape index (κ1) is 20.4. The van der Waals surface area contributed by atoms with Gasteiger partial charge < -0.3 is 15.1 Å². The number of hydrogen-bond acceptors (Lipinski definition) is 3. The lowest BCUT2D eigenvalue weighted by Crippen LogP contribution is -2.49. The Balaban J connectivity index is 1.44. The average molecular weight is 444 g/mol. The van der Waals surface area contributed by atoms with Crippen LogP contribution in [0.2, 0.25) is 0 Å². The Morgan fingerprint density at radius 3 is 2.36 bits per heavy atom. The molecule has 0 atom stereocenters. The summed E-state index contributed by atoms with van der Waals surface area (Å²) >= 11 is 3.35. The van der Waals surface area contributed by atoms with Crippen molar-refractivity contribution in [2.75, 3.05) is 37.6 Å². The maximum absolute atomic E-state index is 12.5. The van der Waals surface area contributed by atoms with E-state index in [0.29, 0.717) is 31.6 Å². The van der Waals surface area contributed by atoms with Gasteiger partial charge in [0.15, 0.2) is 0 Å². The number of carbonyl (C=O) groups is 2. The number of amides is 2. The van der Waals surface area contributed by atoms with Crippen LogP contribution in [0.5, 0.6) is 0 Å². The third-order valence-electron chi connectivity index (χ3n) is 5.28. The number of hydrogen-bond donors (Lipinski definition) is 1. The Labute approximate surface area is 174 Å². The number of carbonyl (C=O) groups excluding carboxylic acids is 2. The van der Waals surface area contributed by atoms with Crippen molar-refractivity contribution in [3.8, 4) is 0 Å². The summed E-state index contributed by atoms with van der Waals surface area (Å²) in [6, 6.07) is 13.5. The Bertz CT molecular complexity index is 843. The molecule has 0 bridgehead atoms. The molecular formula is C22H26BrN3O2. The smallest absolute Gasteiger partial charge is 0.251 e. The van der Waals surface area contributed by atoms with Gasteiger partial charge in [0, 0.05) is 54.9 Å². The van der Waals surface area contributed by atoms with Gasteiger partial charge in [0.2, 0.25) is 5.91 Å². The Kier molecular flexibility index (Phi) is 6.73. The van der Waals surface area contributed by atoms with Crippen LogP contribution in [0.15, 0.2) is 46.9 Å². The third-order valence-corrected chi connectivity index (χ3v) is 5.81. The molecule has 0 spiro atoms. The molecule has 2 amide bonds. The van der Waals surface area contributed by atoms with E-state index in [1.807, 2.05) is 17.0 Å². The number of piperazine rings is 1. The van der Waals surface area contributed by atoms with Crippen molar-refractivity contribution in [2.24, 2.45) is 0 Å². The lowest BCUT2D eigenvalue weighted by molar-refractivity contribution is -0.131. The quantitative estimate of drug-likeness (QED) is 0.768. The lowest BCUT2D eigenvalue weighted by Gasteiger charge is -2.37. The van der Waals surface area contributed by atoms with Crippen molar-refractivity contribution in [2.45, 2.75) is 20.3 Å². The SMILES string of the molecule is Cc1cccc(N2CCN(C(=O)CCNC(=O)c3ccc(Br)cc3)CC2)c1C. The molecule has 0 aliphatic carbocycles. The topological polar surface area (TPSA) is 52.6 Å². The van der Waals surface area contributed by atoms with Crippen molar-refractivity contribution in [1.82, 2.24) is 10.2 Å². The van der Waals surface area contributed by atoms with Gasteiger partial charge in [-0.05, 0) is 55.3 Å². The average Bonchev–Trinajstić information content (AvgIpc) is 2.70. The number of halogens is 1. The Hall–Kier alpha value is -2.34. The molecule has 1 fully saturated rings. The van der Waals surface area contributed by atoms with Crippen LogP contribution in [0, 0.1) is 13.8 Å². The number of aryl methyl sites for hydroxylation is 1. The highest BCUT2D eigenvalue weighted by molar-refractivity contribution is 9.10. The Morgan fingerprint density at radius 2 is 1.68 bits per heavy atom. The van der Waals surface area contributed by atoms with E-state index in [2.05, 4.69) is 58.2 Å². The summed E-state index contributed by atoms with van der Waals surface area (Å²) in [7, 11) is 0. The highest BCUT2D eigenvalue weighted by Gasteiger charge is 2.22. The summed E-state index contributed by atoms with van der Waals surface area (Å²) in [5.74, 6) is -0.0586. The standard InChI is InChI=1S/C22H26BrN3O2/c1-16-4-3-5-20(17(16)2)25-12-14-26(15-13-25)21(27)10-11-24-22(28)18-6-8-19(23)9-7-18/h3-9H,10-15H2,1-2H3,(H,24,28). The van der Waals surface area contributed by atoms with E-state index in [9.17, 15) is 9.59 Å². The van der Waals surface area contributed by atoms with Gasteiger partial charge in [-0.2, -0.15) is 0 Å². The molecule has 1 heterocycles. The highest BCUT2D eigenvalue weighted by Crippen LogP contribution is 2.24. The Morgan fingerprint density at radius 1 is 1.00 bits per heavy atom. The van der Waals surface area contributed by atoms with Crippen molar-refractivity contribution < 1.29 is 9.59 Å². The van der Waals surface area contributed by atoms with Crippen LogP contribution < -0.4 is 10.2 Å². The minimum atomic E-state index is -0.153. The first-order valence-corrected chi connectivity index (χ1v) is 10.4. The number of benzene rings is 2. The molecular weight excluding hydrogens is 418 g/mol. The first-order chi connectivity index (χ1) is 13.5. The zero-order valence-electron chi connectivity index (χ0n) is 16.4. The molecule has 2 aromatic carbocycles. The molecule has 6 heteroatoms. The summed E-state index contributed by atoms with van der Waals surface area (Å²) < 4.78 is 0.930. The van der Waals surface area contributed by atoms with Crippen molar-refractivity contribution in [3.05, 3.63) is 63.6 Å². The van der Waals surface area contributed by atoms with Crippen molar-refractivity contribution in [1.29, 1.82) is 0 Å². The third kappa shape index (κ3) is 4.93. The van der Waals surface area contributed by atoms with Crippen LogP contribution in [-0.2, 0) is 4.79 Å². The van der Waals surface area contributed by atoms with Gasteiger partial charge in [-0.25, -0.2) is 0 Å². The molecule has 3 rings (SSSR count). The fourth-order valence-electron chi connectivity index (χ4n) is 3.42. The maximum Gasteiger partial charge on any atom is 0.251 e. The molecule has 0 saturated carbocycles. The zero-order valence-corrected chi connectivity index (χ0v) is 18.0. The predicted molar refractivity (Wildman–Crippen MR) is 116 cm³/mol. The van der Waals surface area contributed by atoms with Crippen LogP contribution in [-0.4, -0.2) is 49.4 Å². The van der Waals surface area contributed by atoms with Crippen LogP contribution in [0.4, 0.5) is 5.69 Å². The van der Waals surface area contributed by atoms with E-state index in [1.54, 1.807) is 12.1 Å². The van der Waals surface area contributed by atoms with Gasteiger partial charge in [0.1, 0.15) is 0 Å². The number of rotatable bonds is 5. The lowest BCUT2D eigenvalue weighted by atomic mass is 10.1. The van der Waals surface area contributed by atoms with Crippen molar-refractivity contribution in [3.63, 3.8) is 0 Å². The van der Waals surface area contributed by atoms with Crippen LogP contribution in [0.3, 0.4) is 0 Å². The fourth-order valence-corrected chi connectivity index (χ4v) is 3.68. The second-order valence-corrected chi connectivity index (χ2v) is 8.02. The zero-order chi connectivity index (χ0) is 20.1. The second-order valence-electron chi connectivity index (χ2n) is 7.10. The molecule has 0 unspecified atom stereocenters. The van der Waals surface area contributed by atoms with Crippen LogP contribution in [0.1, 0.15) is 27.9 Å². The number of nitrogens with zero attached hydrogens (tertiary/aromatic N) is 2. The van der Waals surface area contributed by atoms with Crippen LogP contribution in [0.25, 0.3) is 0 Å². The van der Waals surface area contributed by atoms with E-state index < -0.39 is 0 Å². The first-order valence-electron chi connectivity index (χ1n) is 9.58. The minimum Gasteiger partial charge on any atom is -0.368 e. The van der Waals surface area contributed by atoms with Gasteiger partial charge in [-0.15, -0.1) is 0 Å². The minimum absolute atomic E-state index is 0.0942. The molecule has 5 nitrogen and oxygen atoms in total. The monoisotopic (exact) mass is 443 g/mol. The second kappa shape index (κ2) is 9.24. The molecule has 1 aliphatic rings. The maximum atomic E-state index is 12.5. The van der Waals surface area contributed by atoms with Gasteiger partial charge >= 0.3 is 0 Å². The summed E-state index contributed by atoms with van der Waals surface area (Å²) in [6.07, 6.45) is 0.325. The van der Waals surface area contributed by atoms with Gasteiger partial charge in [0.05, 0.1) is 0 Å². The van der Waals surface area contributed by atoms with Gasteiger partial charge in [0.25, 0.3) is 5.91 Å². The largest absolute Gasteiger partial charge is 0.368 e. The van der Waals surface area contributed by atoms with Gasteiger partial charge in [-0.3, -0.25) is 9.59 Å². The molecule has 0 radical (unpaired) electrons. The highest BCUT2D eigenvalue weighted by atomic mass is 79.9. The summed E-state index contributed by atoms with van der Waals surface area (Å²) in [4.78, 5) is 28.8. The molecule has 28 heavy (non-hydrogen) atoms. The number of nitrogens with one attached hydrogen (secondary N) is 1. The normalized spacial score (nSPS) is 14.1. The molecule has 1 saturated heterocycles. The van der Waals surface area contributed by atoms with E-state index >= 15 is 0 Å². The summed E-state index contributed by atoms with van der Waals surface area (Å²) in [5, 5.41) is 2.82. The van der Waals surface area contributed by atoms with Gasteiger partial charge in [-0.1, -0.05) is 28.1 Å². The van der Waals surface area contributed by atoms with Crippen molar-refractivity contribution >= 4 is 33.4 Å². The molecule has 1 aliphatic heterocycles. The van der Waals surface area contributed by atoms with E-state index in [1.165, 1.54) is 16.8 Å².